The van der Waals surface area contributed by atoms with Crippen LogP contribution in [0, 0.1) is 0 Å². The van der Waals surface area contributed by atoms with Gasteiger partial charge in [-0.15, -0.1) is 0 Å². The molecule has 2 amide bonds. The zero-order chi connectivity index (χ0) is 19.5. The third kappa shape index (κ3) is 5.16. The number of para-hydroxylation sites is 1. The van der Waals surface area contributed by atoms with Gasteiger partial charge in [0.05, 0.1) is 17.0 Å². The highest BCUT2D eigenvalue weighted by Gasteiger charge is 2.24. The van der Waals surface area contributed by atoms with Gasteiger partial charge >= 0.3 is 11.8 Å². The van der Waals surface area contributed by atoms with E-state index in [-0.39, 0.29) is 12.0 Å². The summed E-state index contributed by atoms with van der Waals surface area (Å²) in [6.07, 6.45) is 0. The molecule has 1 heterocycles. The number of hydrogen-bond donors (Lipinski definition) is 3. The van der Waals surface area contributed by atoms with Crippen molar-refractivity contribution >= 4 is 17.6 Å². The third-order valence-electron chi connectivity index (χ3n) is 3.61. The molecule has 1 aromatic heterocycles. The lowest BCUT2D eigenvalue weighted by molar-refractivity contribution is -0.136. The maximum Gasteiger partial charge on any atom is 0.314 e. The van der Waals surface area contributed by atoms with Crippen LogP contribution in [0.25, 0.3) is 5.69 Å². The first-order chi connectivity index (χ1) is 12.0. The lowest BCUT2D eigenvalue weighted by Gasteiger charge is -2.17. The van der Waals surface area contributed by atoms with Gasteiger partial charge in [0.15, 0.2) is 0 Å². The Morgan fingerprint density at radius 1 is 1.08 bits per heavy atom. The van der Waals surface area contributed by atoms with Crippen molar-refractivity contribution in [2.45, 2.75) is 45.6 Å². The van der Waals surface area contributed by atoms with Crippen LogP contribution in [-0.4, -0.2) is 38.8 Å². The molecular formula is C19H26N4O3. The summed E-state index contributed by atoms with van der Waals surface area (Å²) >= 11 is 0. The number of nitrogens with zero attached hydrogens (tertiary/aromatic N) is 2. The summed E-state index contributed by atoms with van der Waals surface area (Å²) in [6.45, 7) is 9.13. The normalized spacial score (nSPS) is 11.9. The second kappa shape index (κ2) is 7.29. The molecule has 7 heteroatoms. The van der Waals surface area contributed by atoms with Gasteiger partial charge in [0.25, 0.3) is 0 Å². The van der Waals surface area contributed by atoms with E-state index in [1.807, 2.05) is 51.1 Å². The van der Waals surface area contributed by atoms with Crippen molar-refractivity contribution in [3.8, 4) is 5.69 Å². The molecular weight excluding hydrogens is 332 g/mol. The molecule has 0 aliphatic carbocycles. The maximum atomic E-state index is 12.2. The van der Waals surface area contributed by atoms with Gasteiger partial charge < -0.3 is 15.7 Å². The monoisotopic (exact) mass is 358 g/mol. The highest BCUT2D eigenvalue weighted by molar-refractivity contribution is 6.39. The van der Waals surface area contributed by atoms with Crippen LogP contribution in [0.3, 0.4) is 0 Å². The van der Waals surface area contributed by atoms with Gasteiger partial charge in [-0.2, -0.15) is 5.10 Å². The van der Waals surface area contributed by atoms with E-state index in [1.54, 1.807) is 24.6 Å². The number of benzene rings is 1. The number of amides is 2. The highest BCUT2D eigenvalue weighted by Crippen LogP contribution is 2.26. The van der Waals surface area contributed by atoms with Crippen molar-refractivity contribution in [3.05, 3.63) is 42.1 Å². The standard InChI is InChI=1S/C19H26N4O3/c1-18(2,3)14-11-15(23(22-14)13-9-7-6-8-10-13)21-17(25)16(24)20-12-19(4,5)26/h6-11,26H,12H2,1-5H3,(H,20,24)(H,21,25). The Hall–Kier alpha value is -2.67. The van der Waals surface area contributed by atoms with Gasteiger partial charge in [-0.05, 0) is 26.0 Å². The van der Waals surface area contributed by atoms with Crippen LogP contribution < -0.4 is 10.6 Å². The summed E-state index contributed by atoms with van der Waals surface area (Å²) in [5.41, 5.74) is 0.243. The van der Waals surface area contributed by atoms with Crippen LogP contribution in [0.1, 0.15) is 40.3 Å². The molecule has 0 unspecified atom stereocenters. The molecule has 0 aliphatic heterocycles. The number of carbonyl (C=O) groups is 2. The molecule has 0 spiro atoms. The summed E-state index contributed by atoms with van der Waals surface area (Å²) in [5.74, 6) is -1.22. The van der Waals surface area contributed by atoms with E-state index in [4.69, 9.17) is 0 Å². The number of aliphatic hydroxyl groups is 1. The number of carbonyl (C=O) groups excluding carboxylic acids is 2. The average Bonchev–Trinajstić information content (AvgIpc) is 2.96. The van der Waals surface area contributed by atoms with Crippen LogP contribution in [0.5, 0.6) is 0 Å². The highest BCUT2D eigenvalue weighted by atomic mass is 16.3. The lowest BCUT2D eigenvalue weighted by Crippen LogP contribution is -2.43. The van der Waals surface area contributed by atoms with Gasteiger partial charge in [0, 0.05) is 18.0 Å². The van der Waals surface area contributed by atoms with Gasteiger partial charge in [-0.3, -0.25) is 9.59 Å². The van der Waals surface area contributed by atoms with Crippen LogP contribution in [0.2, 0.25) is 0 Å². The number of hydrogen-bond acceptors (Lipinski definition) is 4. The molecule has 26 heavy (non-hydrogen) atoms. The Balaban J connectivity index is 2.26. The number of rotatable bonds is 4. The maximum absolute atomic E-state index is 12.2. The molecule has 0 aliphatic rings. The summed E-state index contributed by atoms with van der Waals surface area (Å²) in [4.78, 5) is 24.2. The van der Waals surface area contributed by atoms with Crippen LogP contribution in [0.15, 0.2) is 36.4 Å². The third-order valence-corrected chi connectivity index (χ3v) is 3.61. The first-order valence-corrected chi connectivity index (χ1v) is 8.45. The van der Waals surface area contributed by atoms with Crippen molar-refractivity contribution in [2.75, 3.05) is 11.9 Å². The summed E-state index contributed by atoms with van der Waals surface area (Å²) in [7, 11) is 0. The van der Waals surface area contributed by atoms with E-state index >= 15 is 0 Å². The predicted molar refractivity (Wildman–Crippen MR) is 100 cm³/mol. The van der Waals surface area contributed by atoms with Gasteiger partial charge in [0.2, 0.25) is 0 Å². The fourth-order valence-electron chi connectivity index (χ4n) is 2.15. The molecule has 2 aromatic rings. The molecule has 0 saturated carbocycles. The largest absolute Gasteiger partial charge is 0.389 e. The molecule has 1 aromatic carbocycles. The van der Waals surface area contributed by atoms with Crippen molar-refractivity contribution < 1.29 is 14.7 Å². The van der Waals surface area contributed by atoms with E-state index < -0.39 is 17.4 Å². The van der Waals surface area contributed by atoms with Gasteiger partial charge in [-0.25, -0.2) is 4.68 Å². The molecule has 0 fully saturated rings. The minimum atomic E-state index is -1.10. The molecule has 0 atom stereocenters. The molecule has 140 valence electrons. The Morgan fingerprint density at radius 2 is 1.69 bits per heavy atom. The second-order valence-electron chi connectivity index (χ2n) is 7.86. The lowest BCUT2D eigenvalue weighted by atomic mass is 9.92. The quantitative estimate of drug-likeness (QED) is 0.728. The van der Waals surface area contributed by atoms with Gasteiger partial charge in [-0.1, -0.05) is 39.0 Å². The fourth-order valence-corrected chi connectivity index (χ4v) is 2.15. The van der Waals surface area contributed by atoms with Crippen LogP contribution in [-0.2, 0) is 15.0 Å². The first kappa shape index (κ1) is 19.7. The summed E-state index contributed by atoms with van der Waals surface area (Å²) < 4.78 is 1.60. The van der Waals surface area contributed by atoms with E-state index in [9.17, 15) is 14.7 Å². The Morgan fingerprint density at radius 3 is 2.23 bits per heavy atom. The van der Waals surface area contributed by atoms with Crippen molar-refractivity contribution in [3.63, 3.8) is 0 Å². The smallest absolute Gasteiger partial charge is 0.314 e. The van der Waals surface area contributed by atoms with E-state index in [0.717, 1.165) is 11.4 Å². The Kier molecular flexibility index (Phi) is 5.51. The van der Waals surface area contributed by atoms with E-state index in [1.165, 1.54) is 0 Å². The van der Waals surface area contributed by atoms with Crippen LogP contribution >= 0.6 is 0 Å². The number of nitrogens with one attached hydrogen (secondary N) is 2. The number of aromatic nitrogens is 2. The molecule has 7 nitrogen and oxygen atoms in total. The minimum absolute atomic E-state index is 0.0234. The summed E-state index contributed by atoms with van der Waals surface area (Å²) in [5, 5.41) is 19.3. The minimum Gasteiger partial charge on any atom is -0.389 e. The van der Waals surface area contributed by atoms with Crippen molar-refractivity contribution in [2.24, 2.45) is 0 Å². The second-order valence-corrected chi connectivity index (χ2v) is 7.86. The van der Waals surface area contributed by atoms with Gasteiger partial charge in [0.1, 0.15) is 5.82 Å². The van der Waals surface area contributed by atoms with E-state index in [0.29, 0.717) is 5.82 Å². The summed E-state index contributed by atoms with van der Waals surface area (Å²) in [6, 6.07) is 11.1. The predicted octanol–water partition coefficient (Wildman–Crippen LogP) is 2.00. The van der Waals surface area contributed by atoms with E-state index in [2.05, 4.69) is 15.7 Å². The number of anilines is 1. The SMILES string of the molecule is CC(C)(O)CNC(=O)C(=O)Nc1cc(C(C)(C)C)nn1-c1ccccc1. The zero-order valence-corrected chi connectivity index (χ0v) is 15.8. The first-order valence-electron chi connectivity index (χ1n) is 8.45. The van der Waals surface area contributed by atoms with Crippen LogP contribution in [0.4, 0.5) is 5.82 Å². The Labute approximate surface area is 153 Å². The molecule has 2 rings (SSSR count). The molecule has 3 N–H and O–H groups in total. The van der Waals surface area contributed by atoms with Crippen molar-refractivity contribution in [1.82, 2.24) is 15.1 Å². The van der Waals surface area contributed by atoms with Crippen molar-refractivity contribution in [1.29, 1.82) is 0 Å². The molecule has 0 saturated heterocycles. The zero-order valence-electron chi connectivity index (χ0n) is 15.8. The topological polar surface area (TPSA) is 96.2 Å². The Bertz CT molecular complexity index is 783. The fraction of sp³-hybridized carbons (Fsp3) is 0.421. The molecule has 0 bridgehead atoms. The molecule has 0 radical (unpaired) electrons. The average molecular weight is 358 g/mol.